The van der Waals surface area contributed by atoms with Gasteiger partial charge >= 0.3 is 18.0 Å². The highest BCUT2D eigenvalue weighted by Gasteiger charge is 2.36. The van der Waals surface area contributed by atoms with E-state index < -0.39 is 30.6 Å². The van der Waals surface area contributed by atoms with Crippen LogP contribution in [0.3, 0.4) is 0 Å². The Kier molecular flexibility index (Phi) is 5.63. The predicted molar refractivity (Wildman–Crippen MR) is 107 cm³/mol. The van der Waals surface area contributed by atoms with Gasteiger partial charge in [0.2, 0.25) is 0 Å². The number of hydrogen-bond acceptors (Lipinski definition) is 7. The molecular formula is C20H17ClN4O6. The largest absolute Gasteiger partial charge is 0.467 e. The molecule has 0 aromatic carbocycles. The van der Waals surface area contributed by atoms with E-state index in [-0.39, 0.29) is 28.7 Å². The molecule has 4 heterocycles. The molecule has 0 fully saturated rings. The summed E-state index contributed by atoms with van der Waals surface area (Å²) in [7, 11) is 0. The number of fused-ring (bicyclic) bond motifs is 1. The average Bonchev–Trinajstić information content (AvgIpc) is 3.39. The van der Waals surface area contributed by atoms with E-state index in [2.05, 4.69) is 15.6 Å². The van der Waals surface area contributed by atoms with Crippen LogP contribution in [0.15, 0.2) is 58.5 Å². The van der Waals surface area contributed by atoms with Crippen molar-refractivity contribution in [2.75, 3.05) is 13.2 Å². The Bertz CT molecular complexity index is 1180. The van der Waals surface area contributed by atoms with E-state index in [1.54, 1.807) is 43.5 Å². The zero-order valence-corrected chi connectivity index (χ0v) is 17.0. The lowest BCUT2D eigenvalue weighted by atomic mass is 10.0. The number of halogens is 1. The van der Waals surface area contributed by atoms with Crippen molar-refractivity contribution in [2.45, 2.75) is 13.0 Å². The van der Waals surface area contributed by atoms with Gasteiger partial charge in [-0.1, -0.05) is 17.7 Å². The Balaban J connectivity index is 1.65. The van der Waals surface area contributed by atoms with Crippen LogP contribution in [0.1, 0.15) is 29.2 Å². The van der Waals surface area contributed by atoms with E-state index in [1.165, 1.54) is 10.7 Å². The van der Waals surface area contributed by atoms with Crippen molar-refractivity contribution in [3.63, 3.8) is 0 Å². The van der Waals surface area contributed by atoms with E-state index >= 15 is 0 Å². The Morgan fingerprint density at radius 1 is 1.23 bits per heavy atom. The Labute approximate surface area is 180 Å². The summed E-state index contributed by atoms with van der Waals surface area (Å²) >= 11 is 6.11. The number of furan rings is 1. The summed E-state index contributed by atoms with van der Waals surface area (Å²) in [6, 6.07) is 6.89. The minimum atomic E-state index is -0.907. The standard InChI is InChI=1S/C20H17ClN4O6/c1-2-29-18(26)14-11(22-20(28)24-15(14)12-6-5-9-30-12)10-31-19(27)16-17(21)23-13-7-3-4-8-25(13)16/h3-9,15H,2,10H2,1H3,(H2,22,24,28)/t15-/m0/s1. The predicted octanol–water partition coefficient (Wildman–Crippen LogP) is 2.61. The number of amides is 2. The molecule has 0 radical (unpaired) electrons. The molecule has 31 heavy (non-hydrogen) atoms. The number of nitrogens with one attached hydrogen (secondary N) is 2. The topological polar surface area (TPSA) is 124 Å². The van der Waals surface area contributed by atoms with Crippen LogP contribution in [0.5, 0.6) is 0 Å². The van der Waals surface area contributed by atoms with E-state index in [1.807, 2.05) is 0 Å². The SMILES string of the molecule is CCOC(=O)C1=C(COC(=O)c2c(Cl)nc3ccccn23)NC(=O)N[C@H]1c1ccco1. The first kappa shape index (κ1) is 20.5. The van der Waals surface area contributed by atoms with Crippen molar-refractivity contribution in [1.29, 1.82) is 0 Å². The monoisotopic (exact) mass is 444 g/mol. The van der Waals surface area contributed by atoms with Crippen molar-refractivity contribution in [3.05, 3.63) is 70.7 Å². The number of hydrogen-bond donors (Lipinski definition) is 2. The summed E-state index contributed by atoms with van der Waals surface area (Å²) in [5.74, 6) is -1.14. The van der Waals surface area contributed by atoms with Gasteiger partial charge in [-0.25, -0.2) is 19.4 Å². The molecule has 1 aliphatic rings. The summed E-state index contributed by atoms with van der Waals surface area (Å²) < 4.78 is 17.3. The summed E-state index contributed by atoms with van der Waals surface area (Å²) in [5, 5.41) is 5.08. The van der Waals surface area contributed by atoms with Crippen molar-refractivity contribution in [2.24, 2.45) is 0 Å². The molecule has 2 amide bonds. The van der Waals surface area contributed by atoms with Crippen molar-refractivity contribution >= 4 is 35.2 Å². The first-order chi connectivity index (χ1) is 15.0. The van der Waals surface area contributed by atoms with Gasteiger partial charge in [-0.2, -0.15) is 0 Å². The molecule has 0 aliphatic carbocycles. The molecule has 10 nitrogen and oxygen atoms in total. The smallest absolute Gasteiger partial charge is 0.358 e. The van der Waals surface area contributed by atoms with Crippen LogP contribution in [0.4, 0.5) is 4.79 Å². The molecule has 1 atom stereocenters. The average molecular weight is 445 g/mol. The van der Waals surface area contributed by atoms with Crippen LogP contribution < -0.4 is 10.6 Å². The number of imidazole rings is 1. The van der Waals surface area contributed by atoms with Gasteiger partial charge in [0, 0.05) is 6.20 Å². The molecule has 160 valence electrons. The molecule has 3 aromatic heterocycles. The number of pyridine rings is 1. The minimum Gasteiger partial charge on any atom is -0.467 e. The Morgan fingerprint density at radius 2 is 2.06 bits per heavy atom. The van der Waals surface area contributed by atoms with Crippen molar-refractivity contribution < 1.29 is 28.3 Å². The number of nitrogens with zero attached hydrogens (tertiary/aromatic N) is 2. The molecule has 1 aliphatic heterocycles. The van der Waals surface area contributed by atoms with Gasteiger partial charge in [0.25, 0.3) is 0 Å². The second kappa shape index (κ2) is 8.52. The van der Waals surface area contributed by atoms with Gasteiger partial charge in [0.1, 0.15) is 24.1 Å². The third-order valence-corrected chi connectivity index (χ3v) is 4.77. The number of rotatable bonds is 6. The van der Waals surface area contributed by atoms with Gasteiger partial charge in [-0.15, -0.1) is 0 Å². The molecular weight excluding hydrogens is 428 g/mol. The van der Waals surface area contributed by atoms with E-state index in [0.29, 0.717) is 11.4 Å². The molecule has 2 N–H and O–H groups in total. The van der Waals surface area contributed by atoms with Crippen LogP contribution >= 0.6 is 11.6 Å². The highest BCUT2D eigenvalue weighted by atomic mass is 35.5. The lowest BCUT2D eigenvalue weighted by molar-refractivity contribution is -0.139. The minimum absolute atomic E-state index is 0.0263. The number of ether oxygens (including phenoxy) is 2. The van der Waals surface area contributed by atoms with Crippen LogP contribution in [-0.4, -0.2) is 40.6 Å². The maximum absolute atomic E-state index is 12.7. The fraction of sp³-hybridized carbons (Fsp3) is 0.200. The zero-order valence-electron chi connectivity index (χ0n) is 16.3. The lowest BCUT2D eigenvalue weighted by Crippen LogP contribution is -2.47. The number of carbonyl (C=O) groups excluding carboxylic acids is 3. The van der Waals surface area contributed by atoms with Gasteiger partial charge < -0.3 is 24.5 Å². The van der Waals surface area contributed by atoms with Gasteiger partial charge in [0.05, 0.1) is 24.1 Å². The molecule has 3 aromatic rings. The molecule has 0 spiro atoms. The fourth-order valence-electron chi connectivity index (χ4n) is 3.21. The highest BCUT2D eigenvalue weighted by Crippen LogP contribution is 2.28. The number of carbonyl (C=O) groups is 3. The third-order valence-electron chi connectivity index (χ3n) is 4.51. The number of aromatic nitrogens is 2. The number of urea groups is 1. The van der Waals surface area contributed by atoms with Crippen LogP contribution in [0.25, 0.3) is 5.65 Å². The summed E-state index contributed by atoms with van der Waals surface area (Å²) in [5.41, 5.74) is 0.632. The zero-order chi connectivity index (χ0) is 22.0. The van der Waals surface area contributed by atoms with Crippen LogP contribution in [0.2, 0.25) is 5.15 Å². The first-order valence-corrected chi connectivity index (χ1v) is 9.68. The van der Waals surface area contributed by atoms with E-state index in [4.69, 9.17) is 25.5 Å². The second-order valence-electron chi connectivity index (χ2n) is 6.42. The van der Waals surface area contributed by atoms with E-state index in [9.17, 15) is 14.4 Å². The van der Waals surface area contributed by atoms with Gasteiger partial charge in [-0.3, -0.25) is 4.40 Å². The number of esters is 2. The molecule has 4 rings (SSSR count). The van der Waals surface area contributed by atoms with Crippen LogP contribution in [0, 0.1) is 0 Å². The second-order valence-corrected chi connectivity index (χ2v) is 6.77. The Hall–Kier alpha value is -3.79. The van der Waals surface area contributed by atoms with Crippen molar-refractivity contribution in [3.8, 4) is 0 Å². The van der Waals surface area contributed by atoms with Gasteiger partial charge in [0.15, 0.2) is 10.8 Å². The molecule has 0 saturated carbocycles. The highest BCUT2D eigenvalue weighted by molar-refractivity contribution is 6.32. The first-order valence-electron chi connectivity index (χ1n) is 9.30. The summed E-state index contributed by atoms with van der Waals surface area (Å²) in [6.07, 6.45) is 3.03. The maximum atomic E-state index is 12.7. The summed E-state index contributed by atoms with van der Waals surface area (Å²) in [6.45, 7) is 1.36. The molecule has 0 unspecified atom stereocenters. The normalized spacial score (nSPS) is 16.1. The molecule has 0 bridgehead atoms. The maximum Gasteiger partial charge on any atom is 0.358 e. The molecule has 11 heteroatoms. The summed E-state index contributed by atoms with van der Waals surface area (Å²) in [4.78, 5) is 41.6. The van der Waals surface area contributed by atoms with Crippen LogP contribution in [-0.2, 0) is 14.3 Å². The molecule has 0 saturated heterocycles. The Morgan fingerprint density at radius 3 is 2.81 bits per heavy atom. The van der Waals surface area contributed by atoms with Gasteiger partial charge in [-0.05, 0) is 31.2 Å². The third kappa shape index (κ3) is 3.97. The fourth-order valence-corrected chi connectivity index (χ4v) is 3.46. The van der Waals surface area contributed by atoms with Crippen molar-refractivity contribution in [1.82, 2.24) is 20.0 Å². The lowest BCUT2D eigenvalue weighted by Gasteiger charge is -2.27. The quantitative estimate of drug-likeness (QED) is 0.560. The van der Waals surface area contributed by atoms with E-state index in [0.717, 1.165) is 0 Å².